The number of anilines is 1. The predicted molar refractivity (Wildman–Crippen MR) is 107 cm³/mol. The molecule has 3 aliphatic rings. The average Bonchev–Trinajstić information content (AvgIpc) is 2.98. The molecule has 1 amide bonds. The molecule has 4 rings (SSSR count). The summed E-state index contributed by atoms with van der Waals surface area (Å²) in [4.78, 5) is 17.1. The second-order valence-corrected chi connectivity index (χ2v) is 8.86. The van der Waals surface area contributed by atoms with E-state index in [1.807, 2.05) is 0 Å². The molecule has 0 unspecified atom stereocenters. The molecule has 28 heavy (non-hydrogen) atoms. The molecule has 1 saturated carbocycles. The van der Waals surface area contributed by atoms with Gasteiger partial charge < -0.3 is 15.0 Å². The minimum atomic E-state index is -0.429. The third-order valence-electron chi connectivity index (χ3n) is 7.06. The van der Waals surface area contributed by atoms with Crippen LogP contribution < -0.4 is 4.90 Å². The zero-order valence-electron chi connectivity index (χ0n) is 16.8. The molecule has 1 aromatic rings. The Kier molecular flexibility index (Phi) is 5.41. The molecule has 0 atom stereocenters. The lowest BCUT2D eigenvalue weighted by molar-refractivity contribution is -0.113. The summed E-state index contributed by atoms with van der Waals surface area (Å²) in [6.45, 7) is 6.62. The van der Waals surface area contributed by atoms with Gasteiger partial charge in [0, 0.05) is 30.7 Å². The third kappa shape index (κ3) is 3.43. The zero-order valence-corrected chi connectivity index (χ0v) is 16.8. The Bertz CT molecular complexity index is 763. The standard InChI is InChI=1S/C22H30FN3O2/c1-14(2)15-3-6-17(7-4-15)25-11-9-18(10-12-25)26-20-8-5-16(23)13-19(20)21(24-28)22(26)27/h5,8,13-15,17-18,28H,3-4,6-7,9-12H2,1-2H3. The minimum Gasteiger partial charge on any atom is -0.410 e. The van der Waals surface area contributed by atoms with E-state index < -0.39 is 5.82 Å². The van der Waals surface area contributed by atoms with Crippen molar-refractivity contribution in [3.05, 3.63) is 29.6 Å². The van der Waals surface area contributed by atoms with Crippen LogP contribution in [0, 0.1) is 17.7 Å². The molecule has 2 aliphatic heterocycles. The maximum atomic E-state index is 13.6. The Labute approximate surface area is 166 Å². The Balaban J connectivity index is 1.41. The van der Waals surface area contributed by atoms with Crippen molar-refractivity contribution in [2.24, 2.45) is 17.0 Å². The highest BCUT2D eigenvalue weighted by molar-refractivity contribution is 6.54. The molecule has 0 radical (unpaired) electrons. The molecule has 0 aromatic heterocycles. The van der Waals surface area contributed by atoms with Crippen molar-refractivity contribution >= 4 is 17.3 Å². The van der Waals surface area contributed by atoms with Crippen molar-refractivity contribution in [1.29, 1.82) is 0 Å². The van der Waals surface area contributed by atoms with Gasteiger partial charge in [0.25, 0.3) is 5.91 Å². The number of rotatable bonds is 3. The first-order chi connectivity index (χ1) is 13.5. The van der Waals surface area contributed by atoms with Crippen LogP contribution in [0.2, 0.25) is 0 Å². The van der Waals surface area contributed by atoms with Gasteiger partial charge in [0.05, 0.1) is 5.69 Å². The molecule has 1 aromatic carbocycles. The number of piperidine rings is 1. The highest BCUT2D eigenvalue weighted by atomic mass is 19.1. The van der Waals surface area contributed by atoms with Crippen molar-refractivity contribution in [2.75, 3.05) is 18.0 Å². The summed E-state index contributed by atoms with van der Waals surface area (Å²) in [6, 6.07) is 5.01. The number of fused-ring (bicyclic) bond motifs is 1. The van der Waals surface area contributed by atoms with Crippen LogP contribution in [-0.4, -0.2) is 46.9 Å². The number of hydrogen-bond donors (Lipinski definition) is 1. The SMILES string of the molecule is CC(C)C1CCC(N2CCC(N3C(=O)C(=NO)c4cc(F)ccc43)CC2)CC1. The van der Waals surface area contributed by atoms with Gasteiger partial charge in [-0.05, 0) is 68.6 Å². The van der Waals surface area contributed by atoms with Gasteiger partial charge in [-0.1, -0.05) is 19.0 Å². The van der Waals surface area contributed by atoms with Crippen LogP contribution in [0.4, 0.5) is 10.1 Å². The third-order valence-corrected chi connectivity index (χ3v) is 7.06. The number of carbonyl (C=O) groups excluding carboxylic acids is 1. The van der Waals surface area contributed by atoms with Gasteiger partial charge in [0.15, 0.2) is 5.71 Å². The van der Waals surface area contributed by atoms with Crippen LogP contribution in [0.15, 0.2) is 23.4 Å². The zero-order chi connectivity index (χ0) is 19.8. The van der Waals surface area contributed by atoms with E-state index in [9.17, 15) is 14.4 Å². The number of benzene rings is 1. The molecule has 2 heterocycles. The first-order valence-electron chi connectivity index (χ1n) is 10.6. The van der Waals surface area contributed by atoms with Crippen LogP contribution in [0.1, 0.15) is 57.9 Å². The lowest BCUT2D eigenvalue weighted by Gasteiger charge is -2.43. The highest BCUT2D eigenvalue weighted by Gasteiger charge is 2.41. The van der Waals surface area contributed by atoms with Crippen molar-refractivity contribution in [1.82, 2.24) is 4.90 Å². The number of amides is 1. The van der Waals surface area contributed by atoms with Gasteiger partial charge in [-0.15, -0.1) is 0 Å². The van der Waals surface area contributed by atoms with Gasteiger partial charge in [-0.25, -0.2) is 4.39 Å². The lowest BCUT2D eigenvalue weighted by Crippen LogP contribution is -2.50. The van der Waals surface area contributed by atoms with E-state index in [4.69, 9.17) is 0 Å². The number of oxime groups is 1. The van der Waals surface area contributed by atoms with Gasteiger partial charge >= 0.3 is 0 Å². The summed E-state index contributed by atoms with van der Waals surface area (Å²) in [5, 5.41) is 12.4. The normalized spacial score (nSPS) is 28.4. The van der Waals surface area contributed by atoms with Crippen LogP contribution in [0.5, 0.6) is 0 Å². The largest absolute Gasteiger partial charge is 0.410 e. The summed E-state index contributed by atoms with van der Waals surface area (Å²) < 4.78 is 13.6. The molecule has 0 spiro atoms. The van der Waals surface area contributed by atoms with Crippen molar-refractivity contribution in [3.8, 4) is 0 Å². The van der Waals surface area contributed by atoms with Gasteiger partial charge in [0.2, 0.25) is 0 Å². The molecule has 2 fully saturated rings. The summed E-state index contributed by atoms with van der Waals surface area (Å²) in [5.41, 5.74) is 1.00. The molecule has 152 valence electrons. The Morgan fingerprint density at radius 2 is 1.75 bits per heavy atom. The summed E-state index contributed by atoms with van der Waals surface area (Å²) >= 11 is 0. The lowest BCUT2D eigenvalue weighted by atomic mass is 9.79. The second-order valence-electron chi connectivity index (χ2n) is 8.86. The van der Waals surface area contributed by atoms with E-state index in [1.165, 1.54) is 37.8 Å². The van der Waals surface area contributed by atoms with Crippen LogP contribution in [0.3, 0.4) is 0 Å². The first-order valence-corrected chi connectivity index (χ1v) is 10.6. The quantitative estimate of drug-likeness (QED) is 0.629. The second kappa shape index (κ2) is 7.82. The molecule has 1 saturated heterocycles. The summed E-state index contributed by atoms with van der Waals surface area (Å²) in [7, 11) is 0. The number of likely N-dealkylation sites (tertiary alicyclic amines) is 1. The fraction of sp³-hybridized carbons (Fsp3) is 0.636. The van der Waals surface area contributed by atoms with Gasteiger partial charge in [-0.2, -0.15) is 0 Å². The molecule has 5 nitrogen and oxygen atoms in total. The van der Waals surface area contributed by atoms with E-state index in [2.05, 4.69) is 23.9 Å². The van der Waals surface area contributed by atoms with E-state index >= 15 is 0 Å². The van der Waals surface area contributed by atoms with E-state index in [0.29, 0.717) is 17.3 Å². The molecule has 1 aliphatic carbocycles. The van der Waals surface area contributed by atoms with Gasteiger partial charge in [0.1, 0.15) is 5.82 Å². The Morgan fingerprint density at radius 1 is 1.07 bits per heavy atom. The number of carbonyl (C=O) groups is 1. The van der Waals surface area contributed by atoms with E-state index in [1.54, 1.807) is 11.0 Å². The molecule has 1 N–H and O–H groups in total. The minimum absolute atomic E-state index is 0.0519. The Hall–Kier alpha value is -1.95. The fourth-order valence-electron chi connectivity index (χ4n) is 5.35. The topological polar surface area (TPSA) is 56.1 Å². The maximum Gasteiger partial charge on any atom is 0.281 e. The van der Waals surface area contributed by atoms with Gasteiger partial charge in [-0.3, -0.25) is 4.79 Å². The summed E-state index contributed by atoms with van der Waals surface area (Å²) in [6.07, 6.45) is 6.99. The average molecular weight is 387 g/mol. The molecular formula is C22H30FN3O2. The van der Waals surface area contributed by atoms with Crippen LogP contribution >= 0.6 is 0 Å². The number of nitrogens with zero attached hydrogens (tertiary/aromatic N) is 3. The Morgan fingerprint density at radius 3 is 2.36 bits per heavy atom. The maximum absolute atomic E-state index is 13.6. The molecule has 6 heteroatoms. The first kappa shape index (κ1) is 19.4. The fourth-order valence-corrected chi connectivity index (χ4v) is 5.35. The highest BCUT2D eigenvalue weighted by Crippen LogP contribution is 2.37. The van der Waals surface area contributed by atoms with Crippen LogP contribution in [0.25, 0.3) is 0 Å². The number of hydrogen-bond acceptors (Lipinski definition) is 4. The van der Waals surface area contributed by atoms with Crippen LogP contribution in [-0.2, 0) is 4.79 Å². The predicted octanol–water partition coefficient (Wildman–Crippen LogP) is 4.03. The summed E-state index contributed by atoms with van der Waals surface area (Å²) in [5.74, 6) is 0.893. The molecule has 0 bridgehead atoms. The van der Waals surface area contributed by atoms with E-state index in [0.717, 1.165) is 37.8 Å². The monoisotopic (exact) mass is 387 g/mol. The van der Waals surface area contributed by atoms with Crippen molar-refractivity contribution in [3.63, 3.8) is 0 Å². The number of halogens is 1. The molecular weight excluding hydrogens is 357 g/mol. The van der Waals surface area contributed by atoms with Crippen molar-refractivity contribution in [2.45, 2.75) is 64.5 Å². The smallest absolute Gasteiger partial charge is 0.281 e. The van der Waals surface area contributed by atoms with Crippen molar-refractivity contribution < 1.29 is 14.4 Å². The van der Waals surface area contributed by atoms with E-state index in [-0.39, 0.29) is 17.7 Å².